The second-order valence-corrected chi connectivity index (χ2v) is 3.46. The lowest BCUT2D eigenvalue weighted by molar-refractivity contribution is 0.0596. The lowest BCUT2D eigenvalue weighted by Crippen LogP contribution is -2.07. The predicted molar refractivity (Wildman–Crippen MR) is 56.7 cm³/mol. The van der Waals surface area contributed by atoms with Crippen LogP contribution in [0.1, 0.15) is 15.9 Å². The first-order chi connectivity index (χ1) is 7.15. The molecule has 0 fully saturated rings. The van der Waals surface area contributed by atoms with E-state index in [1.54, 1.807) is 12.1 Å². The third-order valence-corrected chi connectivity index (χ3v) is 2.50. The molecular formula is C10H8BrNO3. The Morgan fingerprint density at radius 2 is 2.13 bits per heavy atom. The highest BCUT2D eigenvalue weighted by Crippen LogP contribution is 2.28. The van der Waals surface area contributed by atoms with Crippen molar-refractivity contribution < 1.29 is 14.3 Å². The van der Waals surface area contributed by atoms with Crippen LogP contribution in [0.5, 0.6) is 5.75 Å². The Labute approximate surface area is 95.5 Å². The maximum Gasteiger partial charge on any atom is 0.343 e. The zero-order valence-electron chi connectivity index (χ0n) is 8.20. The molecular weight excluding hydrogens is 262 g/mol. The van der Waals surface area contributed by atoms with Crippen molar-refractivity contribution in [2.45, 2.75) is 0 Å². The van der Waals surface area contributed by atoms with Crippen molar-refractivity contribution in [2.24, 2.45) is 0 Å². The number of carbonyl (C=O) groups excluding carboxylic acids is 1. The second kappa shape index (κ2) is 4.80. The minimum Gasteiger partial charge on any atom is -0.496 e. The number of hydrogen-bond donors (Lipinski definition) is 0. The number of carbonyl (C=O) groups is 1. The van der Waals surface area contributed by atoms with E-state index in [0.29, 0.717) is 10.2 Å². The molecule has 1 aromatic rings. The van der Waals surface area contributed by atoms with E-state index in [-0.39, 0.29) is 11.1 Å². The van der Waals surface area contributed by atoms with E-state index in [0.717, 1.165) is 0 Å². The lowest BCUT2D eigenvalue weighted by Gasteiger charge is -2.09. The Kier molecular flexibility index (Phi) is 3.69. The highest BCUT2D eigenvalue weighted by atomic mass is 79.9. The Morgan fingerprint density at radius 1 is 1.47 bits per heavy atom. The molecule has 0 bridgehead atoms. The average Bonchev–Trinajstić information content (AvgIpc) is 2.27. The molecule has 0 aliphatic carbocycles. The molecule has 0 saturated heterocycles. The molecule has 0 aliphatic heterocycles. The van der Waals surface area contributed by atoms with Gasteiger partial charge in [-0.1, -0.05) is 0 Å². The van der Waals surface area contributed by atoms with E-state index in [1.807, 2.05) is 6.07 Å². The summed E-state index contributed by atoms with van der Waals surface area (Å²) in [6.45, 7) is 0. The number of esters is 1. The Hall–Kier alpha value is -1.54. The molecule has 1 aromatic carbocycles. The molecule has 0 N–H and O–H groups in total. The Bertz CT molecular complexity index is 437. The zero-order valence-corrected chi connectivity index (χ0v) is 9.79. The number of nitrogens with zero attached hydrogens (tertiary/aromatic N) is 1. The molecule has 0 radical (unpaired) electrons. The molecule has 0 heterocycles. The number of hydrogen-bond acceptors (Lipinski definition) is 4. The fraction of sp³-hybridized carbons (Fsp3) is 0.200. The molecule has 0 spiro atoms. The number of benzene rings is 1. The van der Waals surface area contributed by atoms with Crippen LogP contribution in [0.2, 0.25) is 0 Å². The van der Waals surface area contributed by atoms with Gasteiger partial charge < -0.3 is 9.47 Å². The van der Waals surface area contributed by atoms with Crippen LogP contribution < -0.4 is 4.74 Å². The van der Waals surface area contributed by atoms with Gasteiger partial charge in [-0.25, -0.2) is 4.79 Å². The van der Waals surface area contributed by atoms with Crippen LogP contribution in [0.4, 0.5) is 0 Å². The Balaban J connectivity index is 3.49. The van der Waals surface area contributed by atoms with Gasteiger partial charge in [0.05, 0.1) is 19.8 Å². The van der Waals surface area contributed by atoms with Gasteiger partial charge in [0, 0.05) is 4.47 Å². The molecule has 5 heteroatoms. The SMILES string of the molecule is COC(=O)c1c(OC)ccc(Br)c1C#N. The van der Waals surface area contributed by atoms with Gasteiger partial charge in [0.15, 0.2) is 0 Å². The molecule has 0 aliphatic rings. The first-order valence-electron chi connectivity index (χ1n) is 4.00. The van der Waals surface area contributed by atoms with Gasteiger partial charge in [0.1, 0.15) is 17.4 Å². The number of ether oxygens (including phenoxy) is 2. The van der Waals surface area contributed by atoms with Crippen LogP contribution >= 0.6 is 15.9 Å². The summed E-state index contributed by atoms with van der Waals surface area (Å²) in [7, 11) is 2.68. The van der Waals surface area contributed by atoms with Gasteiger partial charge in [-0.05, 0) is 28.1 Å². The minimum absolute atomic E-state index is 0.136. The first-order valence-corrected chi connectivity index (χ1v) is 4.80. The van der Waals surface area contributed by atoms with Crippen LogP contribution in [0, 0.1) is 11.3 Å². The molecule has 0 aromatic heterocycles. The van der Waals surface area contributed by atoms with E-state index < -0.39 is 5.97 Å². The van der Waals surface area contributed by atoms with Crippen LogP contribution in [0.3, 0.4) is 0 Å². The van der Waals surface area contributed by atoms with Crippen LogP contribution in [0.25, 0.3) is 0 Å². The van der Waals surface area contributed by atoms with Gasteiger partial charge in [-0.3, -0.25) is 0 Å². The average molecular weight is 270 g/mol. The summed E-state index contributed by atoms with van der Waals surface area (Å²) >= 11 is 3.18. The molecule has 78 valence electrons. The van der Waals surface area contributed by atoms with Crippen molar-refractivity contribution in [3.8, 4) is 11.8 Å². The number of halogens is 1. The predicted octanol–water partition coefficient (Wildman–Crippen LogP) is 2.12. The lowest BCUT2D eigenvalue weighted by atomic mass is 10.1. The standard InChI is InChI=1S/C10H8BrNO3/c1-14-8-4-3-7(11)6(5-12)9(8)10(13)15-2/h3-4H,1-2H3. The molecule has 4 nitrogen and oxygen atoms in total. The summed E-state index contributed by atoms with van der Waals surface area (Å²) in [6, 6.07) is 5.16. The molecule has 1 rings (SSSR count). The van der Waals surface area contributed by atoms with Gasteiger partial charge in [0.2, 0.25) is 0 Å². The smallest absolute Gasteiger partial charge is 0.343 e. The van der Waals surface area contributed by atoms with Crippen molar-refractivity contribution >= 4 is 21.9 Å². The van der Waals surface area contributed by atoms with Gasteiger partial charge in [-0.2, -0.15) is 5.26 Å². The van der Waals surface area contributed by atoms with Crippen molar-refractivity contribution in [2.75, 3.05) is 14.2 Å². The van der Waals surface area contributed by atoms with Crippen molar-refractivity contribution in [1.82, 2.24) is 0 Å². The summed E-state index contributed by atoms with van der Waals surface area (Å²) in [6.07, 6.45) is 0. The van der Waals surface area contributed by atoms with Crippen LogP contribution in [0.15, 0.2) is 16.6 Å². The van der Waals surface area contributed by atoms with Crippen molar-refractivity contribution in [3.05, 3.63) is 27.7 Å². The van der Waals surface area contributed by atoms with Crippen LogP contribution in [-0.2, 0) is 4.74 Å². The van der Waals surface area contributed by atoms with E-state index in [9.17, 15) is 4.79 Å². The largest absolute Gasteiger partial charge is 0.496 e. The first kappa shape index (κ1) is 11.5. The fourth-order valence-electron chi connectivity index (χ4n) is 1.14. The molecule has 0 unspecified atom stereocenters. The summed E-state index contributed by atoms with van der Waals surface area (Å²) < 4.78 is 10.1. The summed E-state index contributed by atoms with van der Waals surface area (Å²) in [5.41, 5.74) is 0.345. The fourth-order valence-corrected chi connectivity index (χ4v) is 1.56. The van der Waals surface area contributed by atoms with E-state index in [1.165, 1.54) is 14.2 Å². The maximum absolute atomic E-state index is 11.5. The summed E-state index contributed by atoms with van der Waals surface area (Å²) in [4.78, 5) is 11.5. The molecule has 0 atom stereocenters. The number of methoxy groups -OCH3 is 2. The van der Waals surface area contributed by atoms with E-state index in [2.05, 4.69) is 20.7 Å². The van der Waals surface area contributed by atoms with E-state index in [4.69, 9.17) is 10.00 Å². The number of rotatable bonds is 2. The highest BCUT2D eigenvalue weighted by Gasteiger charge is 2.20. The maximum atomic E-state index is 11.5. The van der Waals surface area contributed by atoms with Gasteiger partial charge in [0.25, 0.3) is 0 Å². The normalized spacial score (nSPS) is 9.20. The third kappa shape index (κ3) is 2.10. The monoisotopic (exact) mass is 269 g/mol. The summed E-state index contributed by atoms with van der Waals surface area (Å²) in [5, 5.41) is 8.92. The number of nitriles is 1. The van der Waals surface area contributed by atoms with E-state index >= 15 is 0 Å². The quantitative estimate of drug-likeness (QED) is 0.772. The van der Waals surface area contributed by atoms with Crippen molar-refractivity contribution in [1.29, 1.82) is 5.26 Å². The molecule has 15 heavy (non-hydrogen) atoms. The van der Waals surface area contributed by atoms with Gasteiger partial charge >= 0.3 is 5.97 Å². The topological polar surface area (TPSA) is 59.3 Å². The second-order valence-electron chi connectivity index (χ2n) is 2.60. The summed E-state index contributed by atoms with van der Waals surface area (Å²) in [5.74, 6) is -0.272. The minimum atomic E-state index is -0.593. The molecule has 0 amide bonds. The third-order valence-electron chi connectivity index (χ3n) is 1.84. The van der Waals surface area contributed by atoms with Crippen LogP contribution in [-0.4, -0.2) is 20.2 Å². The van der Waals surface area contributed by atoms with Gasteiger partial charge in [-0.15, -0.1) is 0 Å². The zero-order chi connectivity index (χ0) is 11.4. The van der Waals surface area contributed by atoms with Crippen molar-refractivity contribution in [3.63, 3.8) is 0 Å². The highest BCUT2D eigenvalue weighted by molar-refractivity contribution is 9.10. The molecule has 0 saturated carbocycles. The Morgan fingerprint density at radius 3 is 2.60 bits per heavy atom.